The lowest BCUT2D eigenvalue weighted by atomic mass is 9.68. The Morgan fingerprint density at radius 2 is 1.91 bits per heavy atom. The third kappa shape index (κ3) is 6.42. The Balaban J connectivity index is 1.62. The van der Waals surface area contributed by atoms with E-state index in [0.29, 0.717) is 26.1 Å². The Labute approximate surface area is 199 Å². The van der Waals surface area contributed by atoms with Crippen molar-refractivity contribution >= 4 is 12.0 Å². The van der Waals surface area contributed by atoms with Gasteiger partial charge in [-0.25, -0.2) is 4.79 Å². The van der Waals surface area contributed by atoms with Crippen molar-refractivity contribution in [1.29, 1.82) is 0 Å². The lowest BCUT2D eigenvalue weighted by molar-refractivity contribution is -0.134. The molecule has 1 aromatic rings. The number of carbonyl (C=O) groups excluding carboxylic acids is 2. The number of aromatic hydroxyl groups is 1. The first-order chi connectivity index (χ1) is 15.5. The summed E-state index contributed by atoms with van der Waals surface area (Å²) in [6, 6.07) is 7.65. The van der Waals surface area contributed by atoms with E-state index in [0.717, 1.165) is 37.7 Å². The van der Waals surface area contributed by atoms with Gasteiger partial charge in [0.25, 0.3) is 0 Å². The molecule has 1 aliphatic heterocycles. The summed E-state index contributed by atoms with van der Waals surface area (Å²) in [6.07, 6.45) is 6.29. The van der Waals surface area contributed by atoms with Crippen LogP contribution in [0.1, 0.15) is 85.1 Å². The fourth-order valence-corrected chi connectivity index (χ4v) is 5.26. The molecule has 3 rings (SSSR count). The molecule has 1 N–H and O–H groups in total. The first-order valence-electron chi connectivity index (χ1n) is 12.6. The quantitative estimate of drug-likeness (QED) is 0.634. The van der Waals surface area contributed by atoms with Gasteiger partial charge in [-0.3, -0.25) is 4.79 Å². The van der Waals surface area contributed by atoms with Crippen LogP contribution in [0.5, 0.6) is 5.75 Å². The summed E-state index contributed by atoms with van der Waals surface area (Å²) in [6.45, 7) is 11.8. The van der Waals surface area contributed by atoms with Crippen LogP contribution in [0.25, 0.3) is 0 Å². The van der Waals surface area contributed by atoms with Crippen molar-refractivity contribution < 1.29 is 19.4 Å². The van der Waals surface area contributed by atoms with Crippen molar-refractivity contribution in [1.82, 2.24) is 9.80 Å². The molecule has 2 atom stereocenters. The maximum absolute atomic E-state index is 13.1. The molecule has 6 heteroatoms. The zero-order chi connectivity index (χ0) is 24.2. The van der Waals surface area contributed by atoms with Crippen LogP contribution in [0, 0.1) is 5.92 Å². The van der Waals surface area contributed by atoms with Crippen molar-refractivity contribution in [2.45, 2.75) is 96.6 Å². The van der Waals surface area contributed by atoms with E-state index in [9.17, 15) is 14.7 Å². The van der Waals surface area contributed by atoms with Crippen LogP contribution in [-0.4, -0.2) is 58.2 Å². The van der Waals surface area contributed by atoms with Crippen LogP contribution >= 0.6 is 0 Å². The van der Waals surface area contributed by atoms with E-state index in [-0.39, 0.29) is 35.1 Å². The highest BCUT2D eigenvalue weighted by Crippen LogP contribution is 2.40. The molecule has 6 nitrogen and oxygen atoms in total. The highest BCUT2D eigenvalue weighted by atomic mass is 16.6. The molecule has 2 fully saturated rings. The lowest BCUT2D eigenvalue weighted by Crippen LogP contribution is -2.50. The summed E-state index contributed by atoms with van der Waals surface area (Å²) >= 11 is 0. The van der Waals surface area contributed by atoms with Crippen LogP contribution in [-0.2, 0) is 14.9 Å². The first kappa shape index (κ1) is 25.4. The predicted molar refractivity (Wildman–Crippen MR) is 130 cm³/mol. The average molecular weight is 459 g/mol. The van der Waals surface area contributed by atoms with E-state index in [1.54, 1.807) is 6.07 Å². The molecule has 2 amide bonds. The van der Waals surface area contributed by atoms with E-state index in [1.165, 1.54) is 6.42 Å². The number of carbonyl (C=O) groups is 2. The van der Waals surface area contributed by atoms with E-state index in [4.69, 9.17) is 4.74 Å². The van der Waals surface area contributed by atoms with Crippen LogP contribution in [0.2, 0.25) is 0 Å². The van der Waals surface area contributed by atoms with Crippen molar-refractivity contribution in [3.63, 3.8) is 0 Å². The number of phenols is 1. The SMILES string of the molecule is C[C@H]1CN(C(=O)CCN(C(=O)OC(C)(C)C)C2CCCCC2)CC[C@]1(C)c1cccc(O)c1. The Hall–Kier alpha value is -2.24. The molecule has 1 heterocycles. The summed E-state index contributed by atoms with van der Waals surface area (Å²) in [5, 5.41) is 9.92. The molecule has 1 saturated heterocycles. The molecule has 0 bridgehead atoms. The second-order valence-corrected chi connectivity index (χ2v) is 11.2. The van der Waals surface area contributed by atoms with Crippen LogP contribution in [0.15, 0.2) is 24.3 Å². The number of phenolic OH excluding ortho intramolecular Hbond substituents is 1. The van der Waals surface area contributed by atoms with Gasteiger partial charge >= 0.3 is 6.09 Å². The summed E-state index contributed by atoms with van der Waals surface area (Å²) in [5.74, 6) is 0.644. The Morgan fingerprint density at radius 1 is 1.21 bits per heavy atom. The number of amides is 2. The minimum atomic E-state index is -0.549. The fraction of sp³-hybridized carbons (Fsp3) is 0.704. The number of rotatable bonds is 5. The number of hydrogen-bond donors (Lipinski definition) is 1. The molecule has 2 aliphatic rings. The van der Waals surface area contributed by atoms with Gasteiger partial charge in [-0.2, -0.15) is 0 Å². The van der Waals surface area contributed by atoms with E-state index < -0.39 is 5.60 Å². The third-order valence-electron chi connectivity index (χ3n) is 7.55. The largest absolute Gasteiger partial charge is 0.508 e. The smallest absolute Gasteiger partial charge is 0.410 e. The summed E-state index contributed by atoms with van der Waals surface area (Å²) in [7, 11) is 0. The number of benzene rings is 1. The first-order valence-corrected chi connectivity index (χ1v) is 12.6. The molecule has 0 spiro atoms. The van der Waals surface area contributed by atoms with Crippen molar-refractivity contribution in [3.05, 3.63) is 29.8 Å². The Kier molecular flexibility index (Phi) is 7.96. The van der Waals surface area contributed by atoms with Gasteiger partial charge in [0.1, 0.15) is 11.4 Å². The molecule has 1 aromatic carbocycles. The molecule has 33 heavy (non-hydrogen) atoms. The van der Waals surface area contributed by atoms with Gasteiger partial charge in [0.15, 0.2) is 0 Å². The van der Waals surface area contributed by atoms with Crippen molar-refractivity contribution in [3.8, 4) is 5.75 Å². The minimum Gasteiger partial charge on any atom is -0.508 e. The maximum atomic E-state index is 13.1. The van der Waals surface area contributed by atoms with E-state index in [2.05, 4.69) is 19.9 Å². The number of ether oxygens (including phenoxy) is 1. The van der Waals surface area contributed by atoms with E-state index in [1.807, 2.05) is 42.7 Å². The van der Waals surface area contributed by atoms with Crippen LogP contribution < -0.4 is 0 Å². The normalized spacial score (nSPS) is 24.4. The van der Waals surface area contributed by atoms with Gasteiger partial charge < -0.3 is 19.6 Å². The summed E-state index contributed by atoms with van der Waals surface area (Å²) in [5.41, 5.74) is 0.489. The van der Waals surface area contributed by atoms with E-state index >= 15 is 0 Å². The van der Waals surface area contributed by atoms with Gasteiger partial charge in [0.05, 0.1) is 0 Å². The zero-order valence-electron chi connectivity index (χ0n) is 21.1. The lowest BCUT2D eigenvalue weighted by Gasteiger charge is -2.45. The topological polar surface area (TPSA) is 70.1 Å². The van der Waals surface area contributed by atoms with Gasteiger partial charge in [-0.05, 0) is 69.1 Å². The van der Waals surface area contributed by atoms with Gasteiger partial charge in [0, 0.05) is 32.1 Å². The molecule has 0 radical (unpaired) electrons. The van der Waals surface area contributed by atoms with Crippen LogP contribution in [0.4, 0.5) is 4.79 Å². The van der Waals surface area contributed by atoms with Crippen molar-refractivity contribution in [2.75, 3.05) is 19.6 Å². The molecule has 0 unspecified atom stereocenters. The fourth-order valence-electron chi connectivity index (χ4n) is 5.26. The Bertz CT molecular complexity index is 828. The Morgan fingerprint density at radius 3 is 2.52 bits per heavy atom. The molecular weight excluding hydrogens is 416 g/mol. The predicted octanol–water partition coefficient (Wildman–Crippen LogP) is 5.48. The van der Waals surface area contributed by atoms with Gasteiger partial charge in [0.2, 0.25) is 5.91 Å². The standard InChI is InChI=1S/C27H42N2O4/c1-20-19-28(17-15-27(20,5)21-10-9-13-23(30)18-21)24(31)14-16-29(22-11-7-6-8-12-22)25(32)33-26(2,3)4/h9-10,13,18,20,22,30H,6-8,11-12,14-17,19H2,1-5H3/t20-,27-/m0/s1. The second-order valence-electron chi connectivity index (χ2n) is 11.2. The highest BCUT2D eigenvalue weighted by molar-refractivity contribution is 5.77. The average Bonchev–Trinajstić information content (AvgIpc) is 2.75. The number of hydrogen-bond acceptors (Lipinski definition) is 4. The molecule has 0 aromatic heterocycles. The number of likely N-dealkylation sites (tertiary alicyclic amines) is 1. The third-order valence-corrected chi connectivity index (χ3v) is 7.55. The molecule has 1 aliphatic carbocycles. The molecular formula is C27H42N2O4. The monoisotopic (exact) mass is 458 g/mol. The minimum absolute atomic E-state index is 0.0832. The highest BCUT2D eigenvalue weighted by Gasteiger charge is 2.39. The van der Waals surface area contributed by atoms with Gasteiger partial charge in [-0.1, -0.05) is 45.2 Å². The zero-order valence-corrected chi connectivity index (χ0v) is 21.1. The van der Waals surface area contributed by atoms with Crippen molar-refractivity contribution in [2.24, 2.45) is 5.92 Å². The molecule has 1 saturated carbocycles. The summed E-state index contributed by atoms with van der Waals surface area (Å²) < 4.78 is 5.68. The summed E-state index contributed by atoms with van der Waals surface area (Å²) in [4.78, 5) is 29.8. The second kappa shape index (κ2) is 10.4. The number of nitrogens with zero attached hydrogens (tertiary/aromatic N) is 2. The molecule has 184 valence electrons. The van der Waals surface area contributed by atoms with Gasteiger partial charge in [-0.15, -0.1) is 0 Å². The van der Waals surface area contributed by atoms with Crippen LogP contribution in [0.3, 0.4) is 0 Å². The number of piperidine rings is 1. The maximum Gasteiger partial charge on any atom is 0.410 e.